The second kappa shape index (κ2) is 6.17. The highest BCUT2D eigenvalue weighted by molar-refractivity contribution is 9.10. The van der Waals surface area contributed by atoms with Gasteiger partial charge in [-0.25, -0.2) is 4.39 Å². The van der Waals surface area contributed by atoms with Gasteiger partial charge in [0.05, 0.1) is 10.6 Å². The highest BCUT2D eigenvalue weighted by atomic mass is 79.9. The van der Waals surface area contributed by atoms with Crippen LogP contribution in [0.3, 0.4) is 0 Å². The lowest BCUT2D eigenvalue weighted by Gasteiger charge is -2.08. The fourth-order valence-electron chi connectivity index (χ4n) is 1.59. The van der Waals surface area contributed by atoms with Crippen molar-refractivity contribution in [1.29, 1.82) is 0 Å². The van der Waals surface area contributed by atoms with Gasteiger partial charge in [0, 0.05) is 11.0 Å². The summed E-state index contributed by atoms with van der Waals surface area (Å²) >= 11 is 9.23. The van der Waals surface area contributed by atoms with Gasteiger partial charge in [0.2, 0.25) is 0 Å². The van der Waals surface area contributed by atoms with Crippen molar-refractivity contribution in [3.63, 3.8) is 0 Å². The first kappa shape index (κ1) is 14.0. The van der Waals surface area contributed by atoms with Crippen molar-refractivity contribution in [2.24, 2.45) is 0 Å². The molecule has 0 fully saturated rings. The molecule has 0 saturated heterocycles. The molecule has 0 radical (unpaired) electrons. The number of carbonyl (C=O) groups is 1. The van der Waals surface area contributed by atoms with Crippen molar-refractivity contribution in [2.45, 2.75) is 6.54 Å². The molecule has 0 spiro atoms. The van der Waals surface area contributed by atoms with Crippen LogP contribution < -0.4 is 5.32 Å². The maximum atomic E-state index is 12.9. The third kappa shape index (κ3) is 3.55. The zero-order valence-corrected chi connectivity index (χ0v) is 12.1. The van der Waals surface area contributed by atoms with E-state index in [1.165, 1.54) is 12.1 Å². The number of hydrogen-bond donors (Lipinski definition) is 1. The highest BCUT2D eigenvalue weighted by Crippen LogP contribution is 2.18. The monoisotopic (exact) mass is 341 g/mol. The molecule has 2 aromatic carbocycles. The SMILES string of the molecule is O=C(NCc1ccccc1Br)c1ccc(F)cc1Cl. The lowest BCUT2D eigenvalue weighted by atomic mass is 10.2. The van der Waals surface area contributed by atoms with Crippen molar-refractivity contribution in [1.82, 2.24) is 5.32 Å². The normalized spacial score (nSPS) is 10.3. The predicted octanol–water partition coefficient (Wildman–Crippen LogP) is 4.17. The van der Waals surface area contributed by atoms with E-state index in [0.29, 0.717) is 6.54 Å². The van der Waals surface area contributed by atoms with E-state index in [1.807, 2.05) is 24.3 Å². The Kier molecular flexibility index (Phi) is 4.56. The number of hydrogen-bond acceptors (Lipinski definition) is 1. The summed E-state index contributed by atoms with van der Waals surface area (Å²) in [6.07, 6.45) is 0. The molecule has 2 aromatic rings. The van der Waals surface area contributed by atoms with E-state index in [9.17, 15) is 9.18 Å². The minimum Gasteiger partial charge on any atom is -0.348 e. The van der Waals surface area contributed by atoms with E-state index in [-0.39, 0.29) is 16.5 Å². The molecule has 5 heteroatoms. The molecule has 0 bridgehead atoms. The Morgan fingerprint density at radius 1 is 1.26 bits per heavy atom. The Balaban J connectivity index is 2.08. The lowest BCUT2D eigenvalue weighted by Crippen LogP contribution is -2.23. The molecule has 0 atom stereocenters. The Hall–Kier alpha value is -1.39. The van der Waals surface area contributed by atoms with Crippen LogP contribution >= 0.6 is 27.5 Å². The average Bonchev–Trinajstić information content (AvgIpc) is 2.37. The molecule has 0 heterocycles. The topological polar surface area (TPSA) is 29.1 Å². The number of benzene rings is 2. The van der Waals surface area contributed by atoms with E-state index in [2.05, 4.69) is 21.2 Å². The maximum absolute atomic E-state index is 12.9. The predicted molar refractivity (Wildman–Crippen MR) is 76.7 cm³/mol. The summed E-state index contributed by atoms with van der Waals surface area (Å²) < 4.78 is 13.8. The van der Waals surface area contributed by atoms with Crippen LogP contribution in [0.15, 0.2) is 46.9 Å². The maximum Gasteiger partial charge on any atom is 0.253 e. The number of nitrogens with one attached hydrogen (secondary N) is 1. The number of rotatable bonds is 3. The summed E-state index contributed by atoms with van der Waals surface area (Å²) in [5, 5.41) is 2.84. The van der Waals surface area contributed by atoms with Crippen molar-refractivity contribution in [3.8, 4) is 0 Å². The third-order valence-electron chi connectivity index (χ3n) is 2.57. The molecule has 0 aliphatic heterocycles. The molecule has 2 rings (SSSR count). The van der Waals surface area contributed by atoms with E-state index >= 15 is 0 Å². The van der Waals surface area contributed by atoms with E-state index < -0.39 is 5.82 Å². The van der Waals surface area contributed by atoms with Crippen molar-refractivity contribution < 1.29 is 9.18 Å². The summed E-state index contributed by atoms with van der Waals surface area (Å²) in [6, 6.07) is 11.3. The van der Waals surface area contributed by atoms with Gasteiger partial charge in [-0.05, 0) is 29.8 Å². The van der Waals surface area contributed by atoms with Gasteiger partial charge in [0.25, 0.3) is 5.91 Å². The summed E-state index contributed by atoms with van der Waals surface area (Å²) in [5.41, 5.74) is 1.21. The second-order valence-electron chi connectivity index (χ2n) is 3.90. The molecule has 0 saturated carbocycles. The average molecular weight is 343 g/mol. The van der Waals surface area contributed by atoms with E-state index in [0.717, 1.165) is 16.1 Å². The first-order chi connectivity index (χ1) is 9.08. The Morgan fingerprint density at radius 3 is 2.68 bits per heavy atom. The van der Waals surface area contributed by atoms with Crippen molar-refractivity contribution in [3.05, 3.63) is 68.9 Å². The van der Waals surface area contributed by atoms with E-state index in [1.54, 1.807) is 0 Å². The zero-order valence-electron chi connectivity index (χ0n) is 9.79. The van der Waals surface area contributed by atoms with Crippen LogP contribution in [0.2, 0.25) is 5.02 Å². The van der Waals surface area contributed by atoms with E-state index in [4.69, 9.17) is 11.6 Å². The smallest absolute Gasteiger partial charge is 0.253 e. The Bertz CT molecular complexity index is 618. The van der Waals surface area contributed by atoms with Crippen LogP contribution in [0.25, 0.3) is 0 Å². The van der Waals surface area contributed by atoms with Crippen LogP contribution in [0.5, 0.6) is 0 Å². The summed E-state index contributed by atoms with van der Waals surface area (Å²) in [6.45, 7) is 0.369. The van der Waals surface area contributed by atoms with Crippen molar-refractivity contribution in [2.75, 3.05) is 0 Å². The van der Waals surface area contributed by atoms with Gasteiger partial charge >= 0.3 is 0 Å². The molecule has 2 nitrogen and oxygen atoms in total. The van der Waals surface area contributed by atoms with Gasteiger partial charge in [-0.3, -0.25) is 4.79 Å². The van der Waals surface area contributed by atoms with Gasteiger partial charge in [-0.1, -0.05) is 45.7 Å². The fourth-order valence-corrected chi connectivity index (χ4v) is 2.26. The molecule has 0 aromatic heterocycles. The van der Waals surface area contributed by atoms with Gasteiger partial charge in [0.1, 0.15) is 5.82 Å². The molecular formula is C14H10BrClFNO. The number of halogens is 3. The van der Waals surface area contributed by atoms with Crippen molar-refractivity contribution >= 4 is 33.4 Å². The quantitative estimate of drug-likeness (QED) is 0.891. The standard InChI is InChI=1S/C14H10BrClFNO/c15-12-4-2-1-3-9(12)8-18-14(19)11-6-5-10(17)7-13(11)16/h1-7H,8H2,(H,18,19). The molecule has 19 heavy (non-hydrogen) atoms. The minimum atomic E-state index is -0.465. The Morgan fingerprint density at radius 2 is 2.00 bits per heavy atom. The van der Waals surface area contributed by atoms with Crippen LogP contribution in [-0.2, 0) is 6.54 Å². The largest absolute Gasteiger partial charge is 0.348 e. The van der Waals surface area contributed by atoms with Crippen LogP contribution in [0, 0.1) is 5.82 Å². The van der Waals surface area contributed by atoms with Gasteiger partial charge < -0.3 is 5.32 Å². The summed E-state index contributed by atoms with van der Waals surface area (Å²) in [4.78, 5) is 11.9. The first-order valence-corrected chi connectivity index (χ1v) is 6.71. The molecule has 98 valence electrons. The minimum absolute atomic E-state index is 0.102. The number of carbonyl (C=O) groups excluding carboxylic acids is 1. The molecule has 1 N–H and O–H groups in total. The summed E-state index contributed by atoms with van der Waals surface area (Å²) in [5.74, 6) is -0.798. The van der Waals surface area contributed by atoms with Gasteiger partial charge in [0.15, 0.2) is 0 Å². The number of amides is 1. The third-order valence-corrected chi connectivity index (χ3v) is 3.66. The lowest BCUT2D eigenvalue weighted by molar-refractivity contribution is 0.0951. The summed E-state index contributed by atoms with van der Waals surface area (Å²) in [7, 11) is 0. The van der Waals surface area contributed by atoms with Crippen LogP contribution in [0.4, 0.5) is 4.39 Å². The molecule has 1 amide bonds. The second-order valence-corrected chi connectivity index (χ2v) is 5.16. The van der Waals surface area contributed by atoms with Gasteiger partial charge in [-0.2, -0.15) is 0 Å². The fraction of sp³-hybridized carbons (Fsp3) is 0.0714. The first-order valence-electron chi connectivity index (χ1n) is 5.54. The van der Waals surface area contributed by atoms with Gasteiger partial charge in [-0.15, -0.1) is 0 Å². The highest BCUT2D eigenvalue weighted by Gasteiger charge is 2.11. The van der Waals surface area contributed by atoms with Crippen LogP contribution in [0.1, 0.15) is 15.9 Å². The zero-order chi connectivity index (χ0) is 13.8. The Labute approximate surface area is 123 Å². The molecule has 0 aliphatic carbocycles. The molecule has 0 aliphatic rings. The molecule has 0 unspecified atom stereocenters. The van der Waals surface area contributed by atoms with Crippen LogP contribution in [-0.4, -0.2) is 5.91 Å². The molecular weight excluding hydrogens is 333 g/mol.